The van der Waals surface area contributed by atoms with Gasteiger partial charge in [-0.1, -0.05) is 6.07 Å². The monoisotopic (exact) mass is 377 g/mol. The summed E-state index contributed by atoms with van der Waals surface area (Å²) in [6, 6.07) is 11.2. The first-order valence-electron chi connectivity index (χ1n) is 7.59. The zero-order chi connectivity index (χ0) is 19.6. The molecular formula is C18H11F4N3O2. The summed E-state index contributed by atoms with van der Waals surface area (Å²) in [5.74, 6) is -1.31. The number of nitrogens with one attached hydrogen (secondary N) is 1. The molecule has 2 aromatic carbocycles. The van der Waals surface area contributed by atoms with E-state index in [9.17, 15) is 27.2 Å². The van der Waals surface area contributed by atoms with Gasteiger partial charge in [0.2, 0.25) is 0 Å². The third-order valence-corrected chi connectivity index (χ3v) is 3.55. The zero-order valence-corrected chi connectivity index (χ0v) is 13.5. The molecule has 0 bridgehead atoms. The highest BCUT2D eigenvalue weighted by Gasteiger charge is 2.30. The van der Waals surface area contributed by atoms with Gasteiger partial charge in [-0.15, -0.1) is 0 Å². The Kier molecular flexibility index (Phi) is 4.76. The highest BCUT2D eigenvalue weighted by Crippen LogP contribution is 2.30. The first-order chi connectivity index (χ1) is 12.7. The van der Waals surface area contributed by atoms with Crippen LogP contribution in [0.2, 0.25) is 0 Å². The molecule has 0 fully saturated rings. The average Bonchev–Trinajstić information content (AvgIpc) is 2.62. The smallest absolute Gasteiger partial charge is 0.321 e. The normalized spacial score (nSPS) is 11.3. The molecule has 9 heteroatoms. The Morgan fingerprint density at radius 3 is 2.37 bits per heavy atom. The minimum absolute atomic E-state index is 0.0730. The van der Waals surface area contributed by atoms with Crippen LogP contribution in [0.25, 0.3) is 5.69 Å². The number of nitrogens with zero attached hydrogens (tertiary/aromatic N) is 2. The lowest BCUT2D eigenvalue weighted by Gasteiger charge is -2.10. The molecule has 0 atom stereocenters. The Morgan fingerprint density at radius 1 is 1.00 bits per heavy atom. The molecule has 0 unspecified atom stereocenters. The average molecular weight is 377 g/mol. The van der Waals surface area contributed by atoms with Crippen molar-refractivity contribution < 1.29 is 22.4 Å². The third kappa shape index (κ3) is 4.20. The minimum Gasteiger partial charge on any atom is -0.321 e. The first kappa shape index (κ1) is 18.3. The van der Waals surface area contributed by atoms with Crippen LogP contribution in [0.1, 0.15) is 16.1 Å². The van der Waals surface area contributed by atoms with E-state index in [2.05, 4.69) is 10.4 Å². The summed E-state index contributed by atoms with van der Waals surface area (Å²) < 4.78 is 52.2. The van der Waals surface area contributed by atoms with Crippen LogP contribution in [0.4, 0.5) is 23.2 Å². The lowest BCUT2D eigenvalue weighted by molar-refractivity contribution is -0.137. The molecule has 138 valence electrons. The van der Waals surface area contributed by atoms with Crippen LogP contribution in [-0.4, -0.2) is 15.7 Å². The van der Waals surface area contributed by atoms with Gasteiger partial charge in [0.25, 0.3) is 11.5 Å². The number of halogens is 4. The van der Waals surface area contributed by atoms with Crippen LogP contribution in [-0.2, 0) is 6.18 Å². The van der Waals surface area contributed by atoms with Crippen LogP contribution in [0.3, 0.4) is 0 Å². The molecule has 1 amide bonds. The number of amides is 1. The van der Waals surface area contributed by atoms with Crippen LogP contribution < -0.4 is 10.9 Å². The Labute approximate surface area is 149 Å². The molecule has 0 aliphatic rings. The van der Waals surface area contributed by atoms with Crippen molar-refractivity contribution in [1.29, 1.82) is 0 Å². The topological polar surface area (TPSA) is 64.0 Å². The van der Waals surface area contributed by atoms with E-state index in [0.29, 0.717) is 0 Å². The summed E-state index contributed by atoms with van der Waals surface area (Å²) in [7, 11) is 0. The number of hydrogen-bond acceptors (Lipinski definition) is 3. The number of alkyl halides is 3. The van der Waals surface area contributed by atoms with Gasteiger partial charge in [-0.05, 0) is 48.5 Å². The largest absolute Gasteiger partial charge is 0.416 e. The zero-order valence-electron chi connectivity index (χ0n) is 13.5. The van der Waals surface area contributed by atoms with Crippen molar-refractivity contribution in [3.63, 3.8) is 0 Å². The van der Waals surface area contributed by atoms with Gasteiger partial charge in [-0.3, -0.25) is 9.59 Å². The molecule has 0 spiro atoms. The lowest BCUT2D eigenvalue weighted by Crippen LogP contribution is -2.25. The van der Waals surface area contributed by atoms with E-state index in [4.69, 9.17) is 0 Å². The van der Waals surface area contributed by atoms with Crippen LogP contribution in [0, 0.1) is 5.82 Å². The number of carbonyl (C=O) groups excluding carboxylic acids is 1. The van der Waals surface area contributed by atoms with Gasteiger partial charge in [0.15, 0.2) is 0 Å². The summed E-state index contributed by atoms with van der Waals surface area (Å²) in [6.45, 7) is 0. The van der Waals surface area contributed by atoms with Crippen molar-refractivity contribution in [2.45, 2.75) is 6.18 Å². The Bertz CT molecular complexity index is 1040. The van der Waals surface area contributed by atoms with E-state index in [1.807, 2.05) is 0 Å². The Balaban J connectivity index is 1.89. The number of rotatable bonds is 3. The lowest BCUT2D eigenvalue weighted by atomic mass is 10.2. The van der Waals surface area contributed by atoms with Gasteiger partial charge >= 0.3 is 6.18 Å². The Morgan fingerprint density at radius 2 is 1.70 bits per heavy atom. The number of aromatic nitrogens is 2. The maximum absolute atomic E-state index is 13.0. The molecule has 27 heavy (non-hydrogen) atoms. The highest BCUT2D eigenvalue weighted by molar-refractivity contribution is 6.02. The fraction of sp³-hybridized carbons (Fsp3) is 0.0556. The third-order valence-electron chi connectivity index (χ3n) is 3.55. The molecule has 1 N–H and O–H groups in total. The van der Waals surface area contributed by atoms with E-state index in [1.165, 1.54) is 18.2 Å². The predicted octanol–water partition coefficient (Wildman–Crippen LogP) is 3.64. The predicted molar refractivity (Wildman–Crippen MR) is 89.2 cm³/mol. The van der Waals surface area contributed by atoms with Crippen molar-refractivity contribution in [3.05, 3.63) is 88.1 Å². The molecule has 0 aliphatic carbocycles. The Hall–Kier alpha value is -3.49. The number of carbonyl (C=O) groups is 1. The fourth-order valence-corrected chi connectivity index (χ4v) is 2.27. The molecule has 1 heterocycles. The maximum atomic E-state index is 13.0. The van der Waals surface area contributed by atoms with Crippen molar-refractivity contribution in [2.75, 3.05) is 5.32 Å². The van der Waals surface area contributed by atoms with Gasteiger partial charge in [0.05, 0.1) is 11.3 Å². The van der Waals surface area contributed by atoms with E-state index in [0.717, 1.165) is 47.1 Å². The number of anilines is 1. The quantitative estimate of drug-likeness (QED) is 0.709. The van der Waals surface area contributed by atoms with Crippen LogP contribution in [0.5, 0.6) is 0 Å². The van der Waals surface area contributed by atoms with Gasteiger partial charge in [0.1, 0.15) is 11.5 Å². The van der Waals surface area contributed by atoms with Crippen LogP contribution in [0.15, 0.2) is 65.5 Å². The van der Waals surface area contributed by atoms with E-state index < -0.39 is 29.0 Å². The van der Waals surface area contributed by atoms with Crippen LogP contribution >= 0.6 is 0 Å². The van der Waals surface area contributed by atoms with Crippen molar-refractivity contribution >= 4 is 11.6 Å². The molecule has 3 rings (SSSR count). The highest BCUT2D eigenvalue weighted by atomic mass is 19.4. The molecule has 3 aromatic rings. The maximum Gasteiger partial charge on any atom is 0.416 e. The van der Waals surface area contributed by atoms with E-state index in [1.54, 1.807) is 0 Å². The van der Waals surface area contributed by atoms with Crippen molar-refractivity contribution in [1.82, 2.24) is 9.78 Å². The molecule has 1 aromatic heterocycles. The molecule has 5 nitrogen and oxygen atoms in total. The summed E-state index contributed by atoms with van der Waals surface area (Å²) >= 11 is 0. The number of hydrogen-bond donors (Lipinski definition) is 1. The standard InChI is InChI=1S/C18H11F4N3O2/c19-12-4-6-14(7-5-12)25-16(26)9-8-15(24-25)17(27)23-13-3-1-2-11(10-13)18(20,21)22/h1-10H,(H,23,27). The SMILES string of the molecule is O=C(Nc1cccc(C(F)(F)F)c1)c1ccc(=O)n(-c2ccc(F)cc2)n1. The minimum atomic E-state index is -4.55. The summed E-state index contributed by atoms with van der Waals surface area (Å²) in [5.41, 5.74) is -1.51. The second-order valence-electron chi connectivity index (χ2n) is 5.48. The summed E-state index contributed by atoms with van der Waals surface area (Å²) in [4.78, 5) is 24.2. The molecule has 0 saturated carbocycles. The van der Waals surface area contributed by atoms with E-state index >= 15 is 0 Å². The molecule has 0 saturated heterocycles. The second-order valence-corrected chi connectivity index (χ2v) is 5.48. The van der Waals surface area contributed by atoms with Gasteiger partial charge in [-0.25, -0.2) is 4.39 Å². The summed E-state index contributed by atoms with van der Waals surface area (Å²) in [6.07, 6.45) is -4.55. The van der Waals surface area contributed by atoms with Gasteiger partial charge < -0.3 is 5.32 Å². The second kappa shape index (κ2) is 7.02. The number of benzene rings is 2. The van der Waals surface area contributed by atoms with E-state index in [-0.39, 0.29) is 17.1 Å². The van der Waals surface area contributed by atoms with Crippen molar-refractivity contribution in [3.8, 4) is 5.69 Å². The first-order valence-corrected chi connectivity index (χ1v) is 7.59. The van der Waals surface area contributed by atoms with Crippen molar-refractivity contribution in [2.24, 2.45) is 0 Å². The summed E-state index contributed by atoms with van der Waals surface area (Å²) in [5, 5.41) is 6.19. The molecular weight excluding hydrogens is 366 g/mol. The molecule has 0 aliphatic heterocycles. The fourth-order valence-electron chi connectivity index (χ4n) is 2.27. The molecule has 0 radical (unpaired) electrons. The van der Waals surface area contributed by atoms with Gasteiger partial charge in [0, 0.05) is 11.8 Å². The van der Waals surface area contributed by atoms with Gasteiger partial charge in [-0.2, -0.15) is 23.0 Å².